The molecular weight excluding hydrogens is 988 g/mol. The average Bonchev–Trinajstić information content (AvgIpc) is 1.42. The third kappa shape index (κ3) is 5.94. The van der Waals surface area contributed by atoms with Gasteiger partial charge in [-0.25, -0.2) is 0 Å². The van der Waals surface area contributed by atoms with Crippen LogP contribution in [0.25, 0.3) is 88.4 Å². The zero-order chi connectivity index (χ0) is 56.5. The minimum Gasteiger partial charge on any atom is -0.310 e. The second kappa shape index (κ2) is 15.2. The molecule has 0 amide bonds. The van der Waals surface area contributed by atoms with Gasteiger partial charge >= 0.3 is 0 Å². The molecule has 0 N–H and O–H groups in total. The summed E-state index contributed by atoms with van der Waals surface area (Å²) in [4.78, 5) is 0. The summed E-state index contributed by atoms with van der Waals surface area (Å²) >= 11 is 0. The molecule has 0 atom stereocenters. The SMILES string of the molecule is CC(C)(C)c1cc2c3c(c1)c1cc(C(C)(C)C)cc4c1n3-c1c(ccc3c1B2c1cc2ccccc2c2c(-c5ccc6c(c5)C(C)(C)CCC6(C)C)c(-c5ccc6c(c5)C(C)(C)CCC6(C)C)n-3c12)C41c2ccccc2-c2ccccc21. The van der Waals surface area contributed by atoms with Gasteiger partial charge in [0.25, 0.3) is 6.71 Å². The quantitative estimate of drug-likeness (QED) is 0.153. The first-order valence-corrected chi connectivity index (χ1v) is 30.9. The number of rotatable bonds is 2. The molecule has 2 aromatic heterocycles. The Kier molecular flexibility index (Phi) is 9.16. The second-order valence-corrected chi connectivity index (χ2v) is 30.9. The fourth-order valence-corrected chi connectivity index (χ4v) is 17.6. The molecule has 0 bridgehead atoms. The Morgan fingerprint density at radius 1 is 0.402 bits per heavy atom. The van der Waals surface area contributed by atoms with E-state index in [4.69, 9.17) is 0 Å². The predicted molar refractivity (Wildman–Crippen MR) is 349 cm³/mol. The Morgan fingerprint density at radius 2 is 0.915 bits per heavy atom. The molecule has 2 nitrogen and oxygen atoms in total. The highest BCUT2D eigenvalue weighted by atomic mass is 15.1. The first-order chi connectivity index (χ1) is 38.9. The molecule has 0 saturated carbocycles. The van der Waals surface area contributed by atoms with Crippen molar-refractivity contribution in [3.8, 4) is 44.9 Å². The molecule has 82 heavy (non-hydrogen) atoms. The highest BCUT2D eigenvalue weighted by molar-refractivity contribution is 7.00. The Labute approximate surface area is 485 Å². The van der Waals surface area contributed by atoms with Crippen LogP contribution >= 0.6 is 0 Å². The zero-order valence-corrected chi connectivity index (χ0v) is 50.7. The maximum Gasteiger partial charge on any atom is 0.252 e. The van der Waals surface area contributed by atoms with E-state index in [1.54, 1.807) is 0 Å². The van der Waals surface area contributed by atoms with Gasteiger partial charge in [0, 0.05) is 38.6 Å². The summed E-state index contributed by atoms with van der Waals surface area (Å²) in [5.41, 5.74) is 32.9. The highest BCUT2D eigenvalue weighted by Crippen LogP contribution is 2.63. The van der Waals surface area contributed by atoms with Crippen LogP contribution in [0.3, 0.4) is 0 Å². The van der Waals surface area contributed by atoms with E-state index in [1.807, 2.05) is 0 Å². The normalized spacial score (nSPS) is 18.4. The monoisotopic (exact) mass is 1060 g/mol. The van der Waals surface area contributed by atoms with Crippen LogP contribution in [0.2, 0.25) is 0 Å². The van der Waals surface area contributed by atoms with Crippen molar-refractivity contribution in [2.24, 2.45) is 0 Å². The van der Waals surface area contributed by atoms with E-state index in [2.05, 4.69) is 258 Å². The molecule has 5 heterocycles. The van der Waals surface area contributed by atoms with Gasteiger partial charge in [-0.2, -0.15) is 0 Å². The molecule has 0 saturated heterocycles. The van der Waals surface area contributed by atoms with E-state index in [0.717, 1.165) is 6.42 Å². The lowest BCUT2D eigenvalue weighted by molar-refractivity contribution is 0.332. The Hall–Kier alpha value is -7.36. The largest absolute Gasteiger partial charge is 0.310 e. The van der Waals surface area contributed by atoms with Crippen LogP contribution < -0.4 is 16.4 Å². The molecule has 6 aliphatic rings. The number of hydrogen-bond donors (Lipinski definition) is 0. The van der Waals surface area contributed by atoms with Gasteiger partial charge in [-0.15, -0.1) is 0 Å². The maximum absolute atomic E-state index is 2.83. The molecule has 0 unspecified atom stereocenters. The van der Waals surface area contributed by atoms with E-state index < -0.39 is 5.41 Å². The summed E-state index contributed by atoms with van der Waals surface area (Å²) < 4.78 is 5.64. The summed E-state index contributed by atoms with van der Waals surface area (Å²) in [5, 5.41) is 6.75. The topological polar surface area (TPSA) is 9.86 Å². The number of aromatic nitrogens is 2. The lowest BCUT2D eigenvalue weighted by Crippen LogP contribution is -2.60. The van der Waals surface area contributed by atoms with Gasteiger partial charge in [-0.05, 0) is 187 Å². The van der Waals surface area contributed by atoms with E-state index in [-0.39, 0.29) is 39.2 Å². The molecule has 404 valence electrons. The van der Waals surface area contributed by atoms with Gasteiger partial charge in [-0.1, -0.05) is 224 Å². The number of fused-ring (bicyclic) bond motifs is 15. The van der Waals surface area contributed by atoms with E-state index in [0.29, 0.717) is 0 Å². The minimum atomic E-state index is -0.569. The molecule has 3 aliphatic heterocycles. The molecule has 1 spiro atoms. The lowest BCUT2D eigenvalue weighted by atomic mass is 9.33. The Bertz CT molecular complexity index is 4730. The number of nitrogens with zero attached hydrogens (tertiary/aromatic N) is 2. The van der Waals surface area contributed by atoms with Crippen LogP contribution in [-0.2, 0) is 37.9 Å². The van der Waals surface area contributed by atoms with Crippen molar-refractivity contribution in [1.29, 1.82) is 0 Å². The van der Waals surface area contributed by atoms with Crippen molar-refractivity contribution in [2.45, 2.75) is 161 Å². The standard InChI is InChI=1S/C79H75BN2/c1-73(2,3)47-40-52-53-41-48(74(4,5)6)43-63-70(53)82-69(52)61(42-47)79(54-25-19-17-23-50(54)51-24-18-20-26-55(51)79)58-31-32-64-67(71(58)82)80(63)62-39-44-21-15-16-22-49(44)66-65(45-27-29-56-59(37-45)77(11,12)35-33-75(56,7)8)68(81(64)72(62)66)46-28-30-57-60(38-46)78(13,14)36-34-76(57,9)10/h15-32,37-43H,33-36H2,1-14H3. The number of benzene rings is 9. The van der Waals surface area contributed by atoms with E-state index in [1.165, 1.54) is 180 Å². The molecule has 3 aliphatic carbocycles. The zero-order valence-electron chi connectivity index (χ0n) is 50.7. The summed E-state index contributed by atoms with van der Waals surface area (Å²) in [6.07, 6.45) is 4.70. The highest BCUT2D eigenvalue weighted by Gasteiger charge is 2.55. The van der Waals surface area contributed by atoms with Gasteiger partial charge in [-0.3, -0.25) is 0 Å². The van der Waals surface area contributed by atoms with Crippen LogP contribution in [0.5, 0.6) is 0 Å². The van der Waals surface area contributed by atoms with E-state index in [9.17, 15) is 0 Å². The molecule has 11 aromatic rings. The van der Waals surface area contributed by atoms with Crippen LogP contribution in [0.1, 0.15) is 178 Å². The Balaban J connectivity index is 1.11. The van der Waals surface area contributed by atoms with E-state index >= 15 is 0 Å². The van der Waals surface area contributed by atoms with Gasteiger partial charge in [0.15, 0.2) is 0 Å². The fourth-order valence-electron chi connectivity index (χ4n) is 17.6. The second-order valence-electron chi connectivity index (χ2n) is 30.9. The van der Waals surface area contributed by atoms with Crippen LogP contribution in [0.15, 0.2) is 152 Å². The first kappa shape index (κ1) is 49.3. The summed E-state index contributed by atoms with van der Waals surface area (Å²) in [7, 11) is 0. The third-order valence-corrected chi connectivity index (χ3v) is 22.3. The molecule has 0 radical (unpaired) electrons. The van der Waals surface area contributed by atoms with Crippen molar-refractivity contribution < 1.29 is 0 Å². The molecule has 0 fully saturated rings. The van der Waals surface area contributed by atoms with Crippen LogP contribution in [0, 0.1) is 0 Å². The molecule has 9 aromatic carbocycles. The van der Waals surface area contributed by atoms with Gasteiger partial charge in [0.05, 0.1) is 22.1 Å². The first-order valence-electron chi connectivity index (χ1n) is 30.9. The Morgan fingerprint density at radius 3 is 1.54 bits per heavy atom. The fraction of sp³-hybridized carbons (Fsp3) is 0.316. The van der Waals surface area contributed by atoms with Crippen molar-refractivity contribution in [2.75, 3.05) is 0 Å². The van der Waals surface area contributed by atoms with Crippen molar-refractivity contribution in [1.82, 2.24) is 9.13 Å². The minimum absolute atomic E-state index is 0.0270. The summed E-state index contributed by atoms with van der Waals surface area (Å²) in [6, 6.07) is 62.1. The van der Waals surface area contributed by atoms with Crippen LogP contribution in [0.4, 0.5) is 0 Å². The van der Waals surface area contributed by atoms with Gasteiger partial charge < -0.3 is 9.13 Å². The smallest absolute Gasteiger partial charge is 0.252 e. The summed E-state index contributed by atoms with van der Waals surface area (Å²) in [5.74, 6) is 0. The third-order valence-electron chi connectivity index (χ3n) is 22.3. The maximum atomic E-state index is 2.83. The van der Waals surface area contributed by atoms with Crippen molar-refractivity contribution in [3.05, 3.63) is 207 Å². The molecular formula is C79H75BN2. The van der Waals surface area contributed by atoms with Crippen molar-refractivity contribution >= 4 is 66.6 Å². The van der Waals surface area contributed by atoms with Gasteiger partial charge in [0.1, 0.15) is 0 Å². The molecule has 17 rings (SSSR count). The number of hydrogen-bond acceptors (Lipinski definition) is 0. The molecule has 3 heteroatoms. The summed E-state index contributed by atoms with van der Waals surface area (Å²) in [6.45, 7) is 34.4. The lowest BCUT2D eigenvalue weighted by Gasteiger charge is -2.44. The predicted octanol–water partition coefficient (Wildman–Crippen LogP) is 18.3. The van der Waals surface area contributed by atoms with Crippen molar-refractivity contribution in [3.63, 3.8) is 0 Å². The van der Waals surface area contributed by atoms with Gasteiger partial charge in [0.2, 0.25) is 0 Å². The average molecular weight is 1060 g/mol. The van der Waals surface area contributed by atoms with Crippen LogP contribution in [-0.4, -0.2) is 15.8 Å².